The molecule has 0 unspecified atom stereocenters. The zero-order valence-electron chi connectivity index (χ0n) is 11.4. The Morgan fingerprint density at radius 1 is 1.38 bits per heavy atom. The van der Waals surface area contributed by atoms with Gasteiger partial charge in [-0.1, -0.05) is 17.7 Å². The van der Waals surface area contributed by atoms with Gasteiger partial charge in [0.05, 0.1) is 23.5 Å². The summed E-state index contributed by atoms with van der Waals surface area (Å²) in [5, 5.41) is 7.47. The third-order valence-corrected chi connectivity index (χ3v) is 3.95. The third-order valence-electron chi connectivity index (χ3n) is 3.66. The molecular formula is C15H15ClFN3O. The van der Waals surface area contributed by atoms with E-state index in [1.54, 1.807) is 12.3 Å². The Morgan fingerprint density at radius 3 is 2.81 bits per heavy atom. The second-order valence-corrected chi connectivity index (χ2v) is 5.67. The molecule has 1 saturated carbocycles. The van der Waals surface area contributed by atoms with Crippen molar-refractivity contribution in [1.29, 1.82) is 0 Å². The van der Waals surface area contributed by atoms with Gasteiger partial charge < -0.3 is 5.32 Å². The Morgan fingerprint density at radius 2 is 2.19 bits per heavy atom. The fraction of sp³-hybridized carbons (Fsp3) is 0.333. The first kappa shape index (κ1) is 14.1. The Labute approximate surface area is 126 Å². The van der Waals surface area contributed by atoms with Crippen LogP contribution in [-0.4, -0.2) is 15.8 Å². The average Bonchev–Trinajstić information content (AvgIpc) is 2.41. The summed E-state index contributed by atoms with van der Waals surface area (Å²) in [7, 11) is 0. The first-order valence-electron chi connectivity index (χ1n) is 6.89. The van der Waals surface area contributed by atoms with Crippen LogP contribution in [0, 0.1) is 5.82 Å². The topological polar surface area (TPSA) is 46.9 Å². The molecule has 1 heterocycles. The number of rotatable bonds is 4. The summed E-state index contributed by atoms with van der Waals surface area (Å²) < 4.78 is 14.4. The van der Waals surface area contributed by atoms with Crippen molar-refractivity contribution in [3.8, 4) is 0 Å². The van der Waals surface area contributed by atoms with E-state index in [4.69, 9.17) is 11.6 Å². The molecule has 0 aliphatic heterocycles. The first-order chi connectivity index (χ1) is 10.1. The molecule has 110 valence electrons. The molecule has 1 N–H and O–H groups in total. The van der Waals surface area contributed by atoms with E-state index in [0.29, 0.717) is 6.04 Å². The Hall–Kier alpha value is -1.88. The van der Waals surface area contributed by atoms with E-state index in [0.717, 1.165) is 24.1 Å². The van der Waals surface area contributed by atoms with Gasteiger partial charge in [0.15, 0.2) is 0 Å². The molecule has 0 radical (unpaired) electrons. The molecular weight excluding hydrogens is 293 g/mol. The van der Waals surface area contributed by atoms with Crippen molar-refractivity contribution in [3.05, 3.63) is 57.2 Å². The van der Waals surface area contributed by atoms with Crippen molar-refractivity contribution in [3.63, 3.8) is 0 Å². The average molecular weight is 308 g/mol. The monoisotopic (exact) mass is 307 g/mol. The SMILES string of the molecule is O=c1cc(NC2CCC2)cnn1Cc1ccc(F)c(Cl)c1. The summed E-state index contributed by atoms with van der Waals surface area (Å²) in [5.74, 6) is -0.472. The van der Waals surface area contributed by atoms with Gasteiger partial charge in [0.25, 0.3) is 5.56 Å². The van der Waals surface area contributed by atoms with E-state index in [1.807, 2.05) is 0 Å². The lowest BCUT2D eigenvalue weighted by atomic mass is 9.93. The maximum atomic E-state index is 13.1. The molecule has 0 saturated heterocycles. The van der Waals surface area contributed by atoms with E-state index >= 15 is 0 Å². The van der Waals surface area contributed by atoms with Gasteiger partial charge >= 0.3 is 0 Å². The van der Waals surface area contributed by atoms with Gasteiger partial charge in [-0.15, -0.1) is 0 Å². The molecule has 1 aliphatic carbocycles. The van der Waals surface area contributed by atoms with Crippen LogP contribution in [-0.2, 0) is 6.54 Å². The standard InChI is InChI=1S/C15H15ClFN3O/c16-13-6-10(4-5-14(13)17)9-20-15(21)7-12(8-18-20)19-11-2-1-3-11/h4-8,11,19H,1-3,9H2. The summed E-state index contributed by atoms with van der Waals surface area (Å²) in [6.45, 7) is 0.266. The molecule has 0 atom stereocenters. The van der Waals surface area contributed by atoms with Gasteiger partial charge in [-0.25, -0.2) is 9.07 Å². The Bertz CT molecular complexity index is 712. The van der Waals surface area contributed by atoms with Gasteiger partial charge in [0.1, 0.15) is 5.82 Å². The summed E-state index contributed by atoms with van der Waals surface area (Å²) >= 11 is 5.73. The number of nitrogens with one attached hydrogen (secondary N) is 1. The maximum Gasteiger partial charge on any atom is 0.269 e. The van der Waals surface area contributed by atoms with Crippen LogP contribution in [0.2, 0.25) is 5.02 Å². The molecule has 1 aromatic heterocycles. The van der Waals surface area contributed by atoms with Crippen LogP contribution in [0.1, 0.15) is 24.8 Å². The summed E-state index contributed by atoms with van der Waals surface area (Å²) in [6.07, 6.45) is 5.15. The second-order valence-electron chi connectivity index (χ2n) is 5.26. The molecule has 0 bridgehead atoms. The minimum absolute atomic E-state index is 0.0452. The van der Waals surface area contributed by atoms with Gasteiger partial charge in [0, 0.05) is 12.1 Å². The second kappa shape index (κ2) is 5.85. The van der Waals surface area contributed by atoms with Crippen LogP contribution < -0.4 is 10.9 Å². The van der Waals surface area contributed by atoms with Crippen LogP contribution in [0.15, 0.2) is 35.3 Å². The van der Waals surface area contributed by atoms with E-state index in [9.17, 15) is 9.18 Å². The van der Waals surface area contributed by atoms with Crippen LogP contribution in [0.25, 0.3) is 0 Å². The minimum Gasteiger partial charge on any atom is -0.381 e. The Kier molecular flexibility index (Phi) is 3.92. The van der Waals surface area contributed by atoms with Crippen molar-refractivity contribution >= 4 is 17.3 Å². The van der Waals surface area contributed by atoms with Gasteiger partial charge in [-0.2, -0.15) is 5.10 Å². The lowest BCUT2D eigenvalue weighted by Gasteiger charge is -2.27. The third kappa shape index (κ3) is 3.24. The quantitative estimate of drug-likeness (QED) is 0.944. The number of aromatic nitrogens is 2. The molecule has 2 aromatic rings. The maximum absolute atomic E-state index is 13.1. The van der Waals surface area contributed by atoms with E-state index in [2.05, 4.69) is 10.4 Å². The highest BCUT2D eigenvalue weighted by molar-refractivity contribution is 6.30. The first-order valence-corrected chi connectivity index (χ1v) is 7.27. The van der Waals surface area contributed by atoms with Gasteiger partial charge in [-0.05, 0) is 37.0 Å². The van der Waals surface area contributed by atoms with E-state index in [1.165, 1.54) is 29.3 Å². The summed E-state index contributed by atoms with van der Waals surface area (Å²) in [4.78, 5) is 12.0. The minimum atomic E-state index is -0.472. The predicted molar refractivity (Wildman–Crippen MR) is 80.3 cm³/mol. The summed E-state index contributed by atoms with van der Waals surface area (Å²) in [5.41, 5.74) is 1.29. The van der Waals surface area contributed by atoms with Crippen molar-refractivity contribution in [2.45, 2.75) is 31.8 Å². The highest BCUT2D eigenvalue weighted by Crippen LogP contribution is 2.22. The van der Waals surface area contributed by atoms with Crippen LogP contribution in [0.5, 0.6) is 0 Å². The Balaban J connectivity index is 1.75. The largest absolute Gasteiger partial charge is 0.381 e. The number of benzene rings is 1. The van der Waals surface area contributed by atoms with Gasteiger partial charge in [-0.3, -0.25) is 4.79 Å². The predicted octanol–water partition coefficient (Wildman–Crippen LogP) is 3.05. The molecule has 3 rings (SSSR count). The fourth-order valence-corrected chi connectivity index (χ4v) is 2.43. The van der Waals surface area contributed by atoms with Crippen molar-refractivity contribution in [2.75, 3.05) is 5.32 Å². The lowest BCUT2D eigenvalue weighted by molar-refractivity contribution is 0.445. The molecule has 1 aliphatic rings. The van der Waals surface area contributed by atoms with Gasteiger partial charge in [0.2, 0.25) is 0 Å². The molecule has 6 heteroatoms. The van der Waals surface area contributed by atoms with Crippen molar-refractivity contribution < 1.29 is 4.39 Å². The summed E-state index contributed by atoms with van der Waals surface area (Å²) in [6, 6.07) is 6.38. The number of nitrogens with zero attached hydrogens (tertiary/aromatic N) is 2. The van der Waals surface area contributed by atoms with Crippen molar-refractivity contribution in [2.24, 2.45) is 0 Å². The van der Waals surface area contributed by atoms with E-state index in [-0.39, 0.29) is 17.1 Å². The smallest absolute Gasteiger partial charge is 0.269 e. The number of anilines is 1. The van der Waals surface area contributed by atoms with Crippen LogP contribution >= 0.6 is 11.6 Å². The lowest BCUT2D eigenvalue weighted by Crippen LogP contribution is -2.29. The molecule has 0 amide bonds. The highest BCUT2D eigenvalue weighted by Gasteiger charge is 2.17. The molecule has 1 aromatic carbocycles. The normalized spacial score (nSPS) is 14.8. The molecule has 1 fully saturated rings. The number of hydrogen-bond acceptors (Lipinski definition) is 3. The number of hydrogen-bond donors (Lipinski definition) is 1. The number of halogens is 2. The van der Waals surface area contributed by atoms with Crippen LogP contribution in [0.4, 0.5) is 10.1 Å². The zero-order valence-corrected chi connectivity index (χ0v) is 12.1. The van der Waals surface area contributed by atoms with Crippen molar-refractivity contribution in [1.82, 2.24) is 9.78 Å². The van der Waals surface area contributed by atoms with Crippen LogP contribution in [0.3, 0.4) is 0 Å². The molecule has 0 spiro atoms. The zero-order chi connectivity index (χ0) is 14.8. The van der Waals surface area contributed by atoms with E-state index < -0.39 is 5.82 Å². The molecule has 4 nitrogen and oxygen atoms in total. The molecule has 21 heavy (non-hydrogen) atoms. The fourth-order valence-electron chi connectivity index (χ4n) is 2.23. The highest BCUT2D eigenvalue weighted by atomic mass is 35.5.